The molecule has 0 aliphatic rings. The molecule has 0 spiro atoms. The van der Waals surface area contributed by atoms with Gasteiger partial charge >= 0.3 is 5.97 Å². The molecule has 0 aliphatic heterocycles. The smallest absolute Gasteiger partial charge is 0.305 e. The second-order valence-electron chi connectivity index (χ2n) is 7.39. The third-order valence-corrected chi connectivity index (χ3v) is 5.14. The summed E-state index contributed by atoms with van der Waals surface area (Å²) in [6, 6.07) is 19.7. The van der Waals surface area contributed by atoms with Crippen LogP contribution in [0.2, 0.25) is 0 Å². The summed E-state index contributed by atoms with van der Waals surface area (Å²) in [5.41, 5.74) is 1.45. The van der Waals surface area contributed by atoms with Gasteiger partial charge in [0.1, 0.15) is 0 Å². The van der Waals surface area contributed by atoms with Gasteiger partial charge in [0.15, 0.2) is 0 Å². The van der Waals surface area contributed by atoms with Crippen LogP contribution in [0, 0.1) is 0 Å². The van der Waals surface area contributed by atoms with Crippen LogP contribution in [0.1, 0.15) is 45.1 Å². The molecule has 0 radical (unpaired) electrons. The molecule has 25 heavy (non-hydrogen) atoms. The van der Waals surface area contributed by atoms with Crippen LogP contribution in [0.4, 0.5) is 0 Å². The van der Waals surface area contributed by atoms with Crippen molar-refractivity contribution >= 4 is 27.5 Å². The molecule has 0 aromatic heterocycles. The van der Waals surface area contributed by atoms with E-state index in [9.17, 15) is 4.79 Å². The second-order valence-corrected chi connectivity index (χ2v) is 7.39. The number of benzene rings is 3. The summed E-state index contributed by atoms with van der Waals surface area (Å²) in [6.45, 7) is 4.60. The standard InChI is InChI=1S/C23H26O2/c1-23(2,14-7-6-13-22(24)25-3)21-12-8-11-19-15-17-9-4-5-10-18(17)16-20(19)21/h4-5,8-12,15-16H,6-7,13-14H2,1-3H3. The van der Waals surface area contributed by atoms with Crippen molar-refractivity contribution in [1.82, 2.24) is 0 Å². The maximum atomic E-state index is 11.3. The molecular formula is C23H26O2. The van der Waals surface area contributed by atoms with Gasteiger partial charge in [-0.2, -0.15) is 0 Å². The van der Waals surface area contributed by atoms with E-state index >= 15 is 0 Å². The Labute approximate surface area is 149 Å². The number of hydrogen-bond acceptors (Lipinski definition) is 2. The van der Waals surface area contributed by atoms with E-state index in [1.54, 1.807) is 0 Å². The van der Waals surface area contributed by atoms with E-state index in [-0.39, 0.29) is 11.4 Å². The van der Waals surface area contributed by atoms with Crippen molar-refractivity contribution in [2.24, 2.45) is 0 Å². The zero-order valence-corrected chi connectivity index (χ0v) is 15.3. The van der Waals surface area contributed by atoms with E-state index in [2.05, 4.69) is 68.4 Å². The van der Waals surface area contributed by atoms with Crippen molar-refractivity contribution in [2.45, 2.75) is 44.9 Å². The van der Waals surface area contributed by atoms with E-state index in [1.165, 1.54) is 34.2 Å². The van der Waals surface area contributed by atoms with Crippen LogP contribution in [0.5, 0.6) is 0 Å². The second kappa shape index (κ2) is 7.26. The molecule has 3 rings (SSSR count). The number of carbonyl (C=O) groups excluding carboxylic acids is 1. The topological polar surface area (TPSA) is 26.3 Å². The number of ether oxygens (including phenoxy) is 1. The zero-order valence-electron chi connectivity index (χ0n) is 15.3. The molecule has 0 N–H and O–H groups in total. The maximum Gasteiger partial charge on any atom is 0.305 e. The van der Waals surface area contributed by atoms with Crippen molar-refractivity contribution in [3.05, 3.63) is 60.2 Å². The summed E-state index contributed by atoms with van der Waals surface area (Å²) in [6.07, 6.45) is 3.46. The molecule has 0 unspecified atom stereocenters. The summed E-state index contributed by atoms with van der Waals surface area (Å²) in [5, 5.41) is 5.19. The molecule has 130 valence electrons. The largest absolute Gasteiger partial charge is 0.469 e. The van der Waals surface area contributed by atoms with E-state index in [0.717, 1.165) is 19.3 Å². The van der Waals surface area contributed by atoms with E-state index in [0.29, 0.717) is 6.42 Å². The third-order valence-electron chi connectivity index (χ3n) is 5.14. The first-order chi connectivity index (χ1) is 12.0. The molecule has 3 aromatic carbocycles. The Morgan fingerprint density at radius 1 is 0.920 bits per heavy atom. The number of hydrogen-bond donors (Lipinski definition) is 0. The van der Waals surface area contributed by atoms with E-state index in [4.69, 9.17) is 4.74 Å². The zero-order chi connectivity index (χ0) is 17.9. The van der Waals surface area contributed by atoms with Gasteiger partial charge in [-0.1, -0.05) is 62.7 Å². The normalized spacial score (nSPS) is 11.8. The minimum Gasteiger partial charge on any atom is -0.469 e. The van der Waals surface area contributed by atoms with Crippen LogP contribution >= 0.6 is 0 Å². The predicted molar refractivity (Wildman–Crippen MR) is 105 cm³/mol. The minimum absolute atomic E-state index is 0.0675. The Morgan fingerprint density at radius 3 is 2.32 bits per heavy atom. The fourth-order valence-electron chi connectivity index (χ4n) is 3.63. The predicted octanol–water partition coefficient (Wildman–Crippen LogP) is 6.00. The van der Waals surface area contributed by atoms with Gasteiger partial charge in [0.2, 0.25) is 0 Å². The van der Waals surface area contributed by atoms with Gasteiger partial charge in [-0.25, -0.2) is 0 Å². The summed E-state index contributed by atoms with van der Waals surface area (Å²) in [7, 11) is 1.45. The van der Waals surface area contributed by atoms with Gasteiger partial charge in [0.05, 0.1) is 7.11 Å². The summed E-state index contributed by atoms with van der Waals surface area (Å²) in [5.74, 6) is -0.116. The Balaban J connectivity index is 1.88. The highest BCUT2D eigenvalue weighted by Crippen LogP contribution is 2.36. The molecule has 2 heteroatoms. The Hall–Kier alpha value is -2.35. The highest BCUT2D eigenvalue weighted by molar-refractivity contribution is 5.99. The van der Waals surface area contributed by atoms with Gasteiger partial charge in [-0.3, -0.25) is 4.79 Å². The summed E-state index contributed by atoms with van der Waals surface area (Å²) < 4.78 is 4.73. The van der Waals surface area contributed by atoms with Crippen molar-refractivity contribution < 1.29 is 9.53 Å². The van der Waals surface area contributed by atoms with Crippen LogP contribution in [0.3, 0.4) is 0 Å². The van der Waals surface area contributed by atoms with Gasteiger partial charge in [0.25, 0.3) is 0 Å². The van der Waals surface area contributed by atoms with Crippen LogP contribution in [-0.4, -0.2) is 13.1 Å². The van der Waals surface area contributed by atoms with Crippen LogP contribution in [0.15, 0.2) is 54.6 Å². The van der Waals surface area contributed by atoms with Gasteiger partial charge in [-0.05, 0) is 57.5 Å². The first kappa shape index (κ1) is 17.5. The molecule has 0 amide bonds. The molecule has 0 saturated heterocycles. The molecule has 0 heterocycles. The summed E-state index contributed by atoms with van der Waals surface area (Å²) >= 11 is 0. The quantitative estimate of drug-likeness (QED) is 0.314. The van der Waals surface area contributed by atoms with Crippen LogP contribution in [0.25, 0.3) is 21.5 Å². The molecule has 3 aromatic rings. The lowest BCUT2D eigenvalue weighted by molar-refractivity contribution is -0.140. The molecule has 2 nitrogen and oxygen atoms in total. The lowest BCUT2D eigenvalue weighted by atomic mass is 9.77. The Morgan fingerprint density at radius 2 is 1.60 bits per heavy atom. The van der Waals surface area contributed by atoms with Gasteiger partial charge < -0.3 is 4.74 Å². The van der Waals surface area contributed by atoms with Crippen molar-refractivity contribution in [3.8, 4) is 0 Å². The average Bonchev–Trinajstić information content (AvgIpc) is 2.62. The molecule has 0 atom stereocenters. The molecule has 0 bridgehead atoms. The number of methoxy groups -OCH3 is 1. The number of unbranched alkanes of at least 4 members (excludes halogenated alkanes) is 1. The molecule has 0 aliphatic carbocycles. The number of fused-ring (bicyclic) bond motifs is 2. The highest BCUT2D eigenvalue weighted by atomic mass is 16.5. The fraction of sp³-hybridized carbons (Fsp3) is 0.348. The SMILES string of the molecule is COC(=O)CCCCC(C)(C)c1cccc2cc3ccccc3cc12. The van der Waals surface area contributed by atoms with E-state index in [1.807, 2.05) is 0 Å². The third kappa shape index (κ3) is 3.84. The molecule has 0 saturated carbocycles. The van der Waals surface area contributed by atoms with Crippen molar-refractivity contribution in [1.29, 1.82) is 0 Å². The Bertz CT molecular complexity index is 893. The van der Waals surface area contributed by atoms with Crippen LogP contribution in [-0.2, 0) is 14.9 Å². The number of carbonyl (C=O) groups is 1. The maximum absolute atomic E-state index is 11.3. The number of rotatable bonds is 6. The lowest BCUT2D eigenvalue weighted by Crippen LogP contribution is -2.17. The van der Waals surface area contributed by atoms with E-state index < -0.39 is 0 Å². The average molecular weight is 334 g/mol. The first-order valence-electron chi connectivity index (χ1n) is 9.00. The number of esters is 1. The lowest BCUT2D eigenvalue weighted by Gasteiger charge is -2.27. The van der Waals surface area contributed by atoms with Gasteiger partial charge in [0, 0.05) is 6.42 Å². The van der Waals surface area contributed by atoms with Crippen molar-refractivity contribution in [3.63, 3.8) is 0 Å². The van der Waals surface area contributed by atoms with Crippen LogP contribution < -0.4 is 0 Å². The summed E-state index contributed by atoms with van der Waals surface area (Å²) in [4.78, 5) is 11.3. The Kier molecular flexibility index (Phi) is 5.08. The molecular weight excluding hydrogens is 308 g/mol. The fourth-order valence-corrected chi connectivity index (χ4v) is 3.63. The highest BCUT2D eigenvalue weighted by Gasteiger charge is 2.22. The van der Waals surface area contributed by atoms with Crippen molar-refractivity contribution in [2.75, 3.05) is 7.11 Å². The monoisotopic (exact) mass is 334 g/mol. The first-order valence-corrected chi connectivity index (χ1v) is 9.00. The minimum atomic E-state index is -0.116. The molecule has 0 fully saturated rings. The van der Waals surface area contributed by atoms with Gasteiger partial charge in [-0.15, -0.1) is 0 Å².